The molecule has 0 aromatic heterocycles. The second-order valence-electron chi connectivity index (χ2n) is 5.82. The van der Waals surface area contributed by atoms with Crippen LogP contribution in [-0.2, 0) is 14.3 Å². The molecule has 0 heterocycles. The Hall–Kier alpha value is -2.30. The molecule has 0 atom stereocenters. The van der Waals surface area contributed by atoms with Gasteiger partial charge in [0, 0.05) is 12.1 Å². The lowest BCUT2D eigenvalue weighted by Crippen LogP contribution is -2.25. The van der Waals surface area contributed by atoms with Crippen LogP contribution >= 0.6 is 0 Å². The number of benzene rings is 1. The van der Waals surface area contributed by atoms with Crippen molar-refractivity contribution in [1.29, 1.82) is 0 Å². The molecule has 1 aromatic rings. The van der Waals surface area contributed by atoms with E-state index in [9.17, 15) is 9.59 Å². The van der Waals surface area contributed by atoms with E-state index in [1.165, 1.54) is 6.20 Å². The van der Waals surface area contributed by atoms with Crippen LogP contribution in [0, 0.1) is 5.92 Å². The van der Waals surface area contributed by atoms with Crippen LogP contribution in [-0.4, -0.2) is 25.5 Å². The molecule has 0 unspecified atom stereocenters. The van der Waals surface area contributed by atoms with Crippen LogP contribution in [0.2, 0.25) is 0 Å². The summed E-state index contributed by atoms with van der Waals surface area (Å²) in [6, 6.07) is 7.34. The zero-order valence-corrected chi connectivity index (χ0v) is 14.3. The molecule has 0 bridgehead atoms. The van der Waals surface area contributed by atoms with E-state index in [1.807, 2.05) is 24.3 Å². The number of ketones is 1. The van der Waals surface area contributed by atoms with Crippen LogP contribution in [0.4, 0.5) is 5.69 Å². The van der Waals surface area contributed by atoms with Gasteiger partial charge in [-0.2, -0.15) is 0 Å². The van der Waals surface area contributed by atoms with Crippen LogP contribution < -0.4 is 10.1 Å². The molecule has 0 spiro atoms. The molecule has 1 N–H and O–H groups in total. The molecule has 1 aliphatic rings. The van der Waals surface area contributed by atoms with Gasteiger partial charge in [-0.3, -0.25) is 4.79 Å². The molecule has 5 heteroatoms. The highest BCUT2D eigenvalue weighted by Crippen LogP contribution is 2.28. The van der Waals surface area contributed by atoms with Crippen LogP contribution in [0.25, 0.3) is 0 Å². The van der Waals surface area contributed by atoms with Gasteiger partial charge in [-0.05, 0) is 31.9 Å². The van der Waals surface area contributed by atoms with E-state index >= 15 is 0 Å². The fraction of sp³-hybridized carbons (Fsp3) is 0.474. The molecule has 130 valence electrons. The Morgan fingerprint density at radius 3 is 2.58 bits per heavy atom. The monoisotopic (exact) mass is 331 g/mol. The van der Waals surface area contributed by atoms with E-state index in [4.69, 9.17) is 9.47 Å². The molecule has 2 rings (SSSR count). The Bertz CT molecular complexity index is 603. The van der Waals surface area contributed by atoms with Crippen LogP contribution in [0.3, 0.4) is 0 Å². The maximum Gasteiger partial charge on any atom is 0.343 e. The van der Waals surface area contributed by atoms with Crippen molar-refractivity contribution in [1.82, 2.24) is 0 Å². The highest BCUT2D eigenvalue weighted by molar-refractivity contribution is 6.18. The number of hydrogen-bond acceptors (Lipinski definition) is 5. The maximum atomic E-state index is 12.7. The van der Waals surface area contributed by atoms with Gasteiger partial charge >= 0.3 is 5.97 Å². The lowest BCUT2D eigenvalue weighted by atomic mass is 9.84. The summed E-state index contributed by atoms with van der Waals surface area (Å²) in [6.07, 6.45) is 6.35. The molecule has 1 aliphatic carbocycles. The Morgan fingerprint density at radius 1 is 1.21 bits per heavy atom. The number of carbonyl (C=O) groups excluding carboxylic acids is 2. The number of nitrogens with one attached hydrogen (secondary N) is 1. The maximum absolute atomic E-state index is 12.7. The third kappa shape index (κ3) is 4.60. The van der Waals surface area contributed by atoms with Crippen molar-refractivity contribution in [2.45, 2.75) is 39.0 Å². The largest absolute Gasteiger partial charge is 0.495 e. The third-order valence-corrected chi connectivity index (χ3v) is 4.22. The van der Waals surface area contributed by atoms with Gasteiger partial charge in [-0.25, -0.2) is 4.79 Å². The summed E-state index contributed by atoms with van der Waals surface area (Å²) >= 11 is 0. The average molecular weight is 331 g/mol. The predicted molar refractivity (Wildman–Crippen MR) is 92.9 cm³/mol. The van der Waals surface area contributed by atoms with Crippen LogP contribution in [0.1, 0.15) is 39.0 Å². The lowest BCUT2D eigenvalue weighted by molar-refractivity contribution is -0.140. The topological polar surface area (TPSA) is 64.6 Å². The Balaban J connectivity index is 2.21. The number of esters is 1. The van der Waals surface area contributed by atoms with E-state index in [1.54, 1.807) is 14.0 Å². The highest BCUT2D eigenvalue weighted by Gasteiger charge is 2.28. The first kappa shape index (κ1) is 18.0. The van der Waals surface area contributed by atoms with E-state index in [2.05, 4.69) is 5.32 Å². The fourth-order valence-corrected chi connectivity index (χ4v) is 2.94. The Kier molecular flexibility index (Phi) is 6.85. The van der Waals surface area contributed by atoms with Gasteiger partial charge in [0.05, 0.1) is 19.4 Å². The summed E-state index contributed by atoms with van der Waals surface area (Å²) in [5, 5.41) is 3.01. The zero-order valence-electron chi connectivity index (χ0n) is 14.3. The molecule has 0 radical (unpaired) electrons. The summed E-state index contributed by atoms with van der Waals surface area (Å²) in [4.78, 5) is 25.0. The Morgan fingerprint density at radius 2 is 1.92 bits per heavy atom. The smallest absolute Gasteiger partial charge is 0.343 e. The normalized spacial score (nSPS) is 15.7. The fourth-order valence-electron chi connectivity index (χ4n) is 2.94. The van der Waals surface area contributed by atoms with Gasteiger partial charge in [0.25, 0.3) is 0 Å². The quantitative estimate of drug-likeness (QED) is 0.357. The molecule has 0 aliphatic heterocycles. The molecule has 0 amide bonds. The molecular weight excluding hydrogens is 306 g/mol. The first-order valence-corrected chi connectivity index (χ1v) is 8.48. The zero-order chi connectivity index (χ0) is 17.4. The van der Waals surface area contributed by atoms with E-state index in [0.29, 0.717) is 11.4 Å². The van der Waals surface area contributed by atoms with Crippen LogP contribution in [0.5, 0.6) is 5.75 Å². The summed E-state index contributed by atoms with van der Waals surface area (Å²) in [5.74, 6) is -0.151. The average Bonchev–Trinajstić information content (AvgIpc) is 2.63. The first-order chi connectivity index (χ1) is 11.7. The van der Waals surface area contributed by atoms with Crippen molar-refractivity contribution in [2.24, 2.45) is 5.92 Å². The van der Waals surface area contributed by atoms with Crippen molar-refractivity contribution in [3.8, 4) is 5.75 Å². The second-order valence-corrected chi connectivity index (χ2v) is 5.82. The number of rotatable bonds is 7. The van der Waals surface area contributed by atoms with Crippen LogP contribution in [0.15, 0.2) is 36.0 Å². The SMILES string of the molecule is CCOC(=O)/C(=C\Nc1ccccc1OC)C(=O)C1CCCCC1. The second kappa shape index (κ2) is 9.11. The molecule has 24 heavy (non-hydrogen) atoms. The van der Waals surface area contributed by atoms with Crippen molar-refractivity contribution in [3.63, 3.8) is 0 Å². The van der Waals surface area contributed by atoms with Crippen molar-refractivity contribution < 1.29 is 19.1 Å². The first-order valence-electron chi connectivity index (χ1n) is 8.48. The highest BCUT2D eigenvalue weighted by atomic mass is 16.5. The summed E-state index contributed by atoms with van der Waals surface area (Å²) in [6.45, 7) is 1.97. The van der Waals surface area contributed by atoms with Gasteiger partial charge in [-0.1, -0.05) is 31.4 Å². The predicted octanol–water partition coefficient (Wildman–Crippen LogP) is 3.70. The minimum Gasteiger partial charge on any atom is -0.495 e. The number of methoxy groups -OCH3 is 1. The van der Waals surface area contributed by atoms with Gasteiger partial charge in [-0.15, -0.1) is 0 Å². The van der Waals surface area contributed by atoms with Gasteiger partial charge < -0.3 is 14.8 Å². The standard InChI is InChI=1S/C19H25NO4/c1-3-24-19(22)15(18(21)14-9-5-4-6-10-14)13-20-16-11-7-8-12-17(16)23-2/h7-8,11-14,20H,3-6,9-10H2,1-2H3/b15-13-. The van der Waals surface area contributed by atoms with Crippen molar-refractivity contribution in [3.05, 3.63) is 36.0 Å². The minimum atomic E-state index is -0.574. The van der Waals surface area contributed by atoms with Gasteiger partial charge in [0.1, 0.15) is 11.3 Å². The van der Waals surface area contributed by atoms with Gasteiger partial charge in [0.15, 0.2) is 5.78 Å². The number of anilines is 1. The Labute approximate surface area is 143 Å². The lowest BCUT2D eigenvalue weighted by Gasteiger charge is -2.21. The summed E-state index contributed by atoms with van der Waals surface area (Å²) in [5.41, 5.74) is 0.771. The molecule has 1 fully saturated rings. The molecule has 5 nitrogen and oxygen atoms in total. The number of ether oxygens (including phenoxy) is 2. The number of carbonyl (C=O) groups is 2. The van der Waals surface area contributed by atoms with Crippen molar-refractivity contribution in [2.75, 3.05) is 19.0 Å². The molecule has 1 saturated carbocycles. The van der Waals surface area contributed by atoms with E-state index < -0.39 is 5.97 Å². The van der Waals surface area contributed by atoms with E-state index in [0.717, 1.165) is 32.1 Å². The van der Waals surface area contributed by atoms with E-state index in [-0.39, 0.29) is 23.9 Å². The minimum absolute atomic E-state index is 0.0784. The van der Waals surface area contributed by atoms with Gasteiger partial charge in [0.2, 0.25) is 0 Å². The number of Topliss-reactive ketones (excluding diaryl/α,β-unsaturated/α-hetero) is 1. The summed E-state index contributed by atoms with van der Waals surface area (Å²) in [7, 11) is 1.57. The molecular formula is C19H25NO4. The molecule has 1 aromatic carbocycles. The van der Waals surface area contributed by atoms with Crippen molar-refractivity contribution >= 4 is 17.4 Å². The third-order valence-electron chi connectivity index (χ3n) is 4.22. The number of hydrogen-bond donors (Lipinski definition) is 1. The summed E-state index contributed by atoms with van der Waals surface area (Å²) < 4.78 is 10.3. The number of para-hydroxylation sites is 2. The molecule has 0 saturated heterocycles.